The van der Waals surface area contributed by atoms with Gasteiger partial charge in [0.15, 0.2) is 0 Å². The fraction of sp³-hybridized carbons (Fsp3) is 0.385. The number of allylic oxidation sites excluding steroid dienone is 1. The van der Waals surface area contributed by atoms with Crippen LogP contribution in [-0.4, -0.2) is 0 Å². The van der Waals surface area contributed by atoms with Crippen LogP contribution < -0.4 is 10.9 Å². The summed E-state index contributed by atoms with van der Waals surface area (Å²) >= 11 is 0. The van der Waals surface area contributed by atoms with Gasteiger partial charge in [-0.1, -0.05) is 51.1 Å². The second-order valence-corrected chi connectivity index (χ2v) is 4.99. The molecule has 80 valence electrons. The summed E-state index contributed by atoms with van der Waals surface area (Å²) in [4.78, 5) is 0. The van der Waals surface area contributed by atoms with E-state index in [9.17, 15) is 0 Å². The minimum atomic E-state index is 0.177. The molecule has 2 rings (SSSR count). The van der Waals surface area contributed by atoms with E-state index in [-0.39, 0.29) is 5.41 Å². The van der Waals surface area contributed by atoms with Crippen molar-refractivity contribution in [2.75, 3.05) is 0 Å². The molecule has 0 amide bonds. The lowest BCUT2D eigenvalue weighted by molar-refractivity contribution is 0.448. The number of benzene rings is 1. The van der Waals surface area contributed by atoms with E-state index in [1.54, 1.807) is 0 Å². The number of hydrazine groups is 1. The molecule has 15 heavy (non-hydrogen) atoms. The van der Waals surface area contributed by atoms with E-state index in [0.29, 0.717) is 6.04 Å². The molecule has 1 aliphatic rings. The third kappa shape index (κ3) is 2.21. The Kier molecular flexibility index (Phi) is 2.53. The van der Waals surface area contributed by atoms with Crippen LogP contribution in [0.15, 0.2) is 42.1 Å². The van der Waals surface area contributed by atoms with Gasteiger partial charge in [0.25, 0.3) is 0 Å². The Balaban J connectivity index is 2.20. The largest absolute Gasteiger partial charge is 0.324 e. The summed E-state index contributed by atoms with van der Waals surface area (Å²) in [6.45, 7) is 6.63. The lowest BCUT2D eigenvalue weighted by Gasteiger charge is -2.19. The van der Waals surface area contributed by atoms with Gasteiger partial charge in [-0.15, -0.1) is 0 Å². The average molecular weight is 202 g/mol. The van der Waals surface area contributed by atoms with Crippen molar-refractivity contribution in [1.82, 2.24) is 10.9 Å². The van der Waals surface area contributed by atoms with Gasteiger partial charge in [0.05, 0.1) is 6.04 Å². The Labute approximate surface area is 91.4 Å². The summed E-state index contributed by atoms with van der Waals surface area (Å²) in [6.07, 6.45) is 2.26. The molecule has 0 aromatic heterocycles. The van der Waals surface area contributed by atoms with Gasteiger partial charge in [0.1, 0.15) is 0 Å². The number of rotatable bonds is 1. The molecule has 0 spiro atoms. The second kappa shape index (κ2) is 3.70. The molecule has 1 atom stereocenters. The van der Waals surface area contributed by atoms with E-state index in [4.69, 9.17) is 0 Å². The molecule has 1 aromatic rings. The first-order chi connectivity index (χ1) is 7.07. The van der Waals surface area contributed by atoms with E-state index in [1.807, 2.05) is 6.07 Å². The molecular formula is C13H18N2. The van der Waals surface area contributed by atoms with Gasteiger partial charge in [0, 0.05) is 11.1 Å². The predicted molar refractivity (Wildman–Crippen MR) is 63.0 cm³/mol. The zero-order valence-corrected chi connectivity index (χ0v) is 9.54. The molecule has 2 heteroatoms. The Morgan fingerprint density at radius 1 is 1.07 bits per heavy atom. The average Bonchev–Trinajstić information content (AvgIpc) is 2.67. The van der Waals surface area contributed by atoms with Crippen LogP contribution in [0.25, 0.3) is 0 Å². The van der Waals surface area contributed by atoms with Gasteiger partial charge in [-0.3, -0.25) is 0 Å². The van der Waals surface area contributed by atoms with Crippen molar-refractivity contribution in [1.29, 1.82) is 0 Å². The fourth-order valence-corrected chi connectivity index (χ4v) is 1.68. The van der Waals surface area contributed by atoms with E-state index < -0.39 is 0 Å². The zero-order chi connectivity index (χ0) is 10.9. The molecule has 0 bridgehead atoms. The second-order valence-electron chi connectivity index (χ2n) is 4.99. The van der Waals surface area contributed by atoms with Crippen LogP contribution in [0.3, 0.4) is 0 Å². The van der Waals surface area contributed by atoms with Crippen LogP contribution in [0.1, 0.15) is 32.4 Å². The van der Waals surface area contributed by atoms with E-state index >= 15 is 0 Å². The highest BCUT2D eigenvalue weighted by Gasteiger charge is 2.24. The van der Waals surface area contributed by atoms with Crippen molar-refractivity contribution in [3.8, 4) is 0 Å². The molecule has 1 unspecified atom stereocenters. The maximum Gasteiger partial charge on any atom is 0.0710 e. The highest BCUT2D eigenvalue weighted by Crippen LogP contribution is 2.29. The maximum atomic E-state index is 3.29. The molecule has 0 aliphatic carbocycles. The highest BCUT2D eigenvalue weighted by molar-refractivity contribution is 5.28. The summed E-state index contributed by atoms with van der Waals surface area (Å²) in [6, 6.07) is 10.8. The Bertz CT molecular complexity index is 360. The smallest absolute Gasteiger partial charge is 0.0710 e. The first kappa shape index (κ1) is 10.2. The summed E-state index contributed by atoms with van der Waals surface area (Å²) in [5.74, 6) is 0. The highest BCUT2D eigenvalue weighted by atomic mass is 15.4. The van der Waals surface area contributed by atoms with Crippen molar-refractivity contribution >= 4 is 0 Å². The van der Waals surface area contributed by atoms with E-state index in [0.717, 1.165) is 0 Å². The first-order valence-corrected chi connectivity index (χ1v) is 5.36. The quantitative estimate of drug-likeness (QED) is 0.731. The molecule has 2 N–H and O–H groups in total. The van der Waals surface area contributed by atoms with Gasteiger partial charge in [-0.2, -0.15) is 0 Å². The van der Waals surface area contributed by atoms with Crippen LogP contribution in [0, 0.1) is 5.41 Å². The normalized spacial score (nSPS) is 21.0. The number of hydrogen-bond acceptors (Lipinski definition) is 2. The third-order valence-electron chi connectivity index (χ3n) is 2.66. The first-order valence-electron chi connectivity index (χ1n) is 5.36. The van der Waals surface area contributed by atoms with Crippen LogP contribution in [0.4, 0.5) is 0 Å². The van der Waals surface area contributed by atoms with Crippen LogP contribution in [0.5, 0.6) is 0 Å². The molecule has 0 radical (unpaired) electrons. The van der Waals surface area contributed by atoms with Gasteiger partial charge in [-0.05, 0) is 11.6 Å². The van der Waals surface area contributed by atoms with Crippen molar-refractivity contribution < 1.29 is 0 Å². The van der Waals surface area contributed by atoms with Gasteiger partial charge in [0.2, 0.25) is 0 Å². The van der Waals surface area contributed by atoms with Gasteiger partial charge < -0.3 is 5.43 Å². The monoisotopic (exact) mass is 202 g/mol. The molecule has 1 heterocycles. The third-order valence-corrected chi connectivity index (χ3v) is 2.66. The van der Waals surface area contributed by atoms with E-state index in [1.165, 1.54) is 11.3 Å². The number of hydrogen-bond donors (Lipinski definition) is 2. The summed E-state index contributed by atoms with van der Waals surface area (Å²) in [7, 11) is 0. The molecule has 0 fully saturated rings. The van der Waals surface area contributed by atoms with Crippen LogP contribution in [0.2, 0.25) is 0 Å². The van der Waals surface area contributed by atoms with Gasteiger partial charge >= 0.3 is 0 Å². The Morgan fingerprint density at radius 3 is 2.27 bits per heavy atom. The van der Waals surface area contributed by atoms with E-state index in [2.05, 4.69) is 62.0 Å². The van der Waals surface area contributed by atoms with Crippen molar-refractivity contribution in [2.24, 2.45) is 5.41 Å². The maximum absolute atomic E-state index is 3.29. The summed E-state index contributed by atoms with van der Waals surface area (Å²) < 4.78 is 0. The molecule has 1 aromatic carbocycles. The lowest BCUT2D eigenvalue weighted by Crippen LogP contribution is -2.30. The SMILES string of the molecule is CC(C)(C)C1=CC(c2ccccc2)NN1. The lowest BCUT2D eigenvalue weighted by atomic mass is 9.91. The molecular weight excluding hydrogens is 184 g/mol. The van der Waals surface area contributed by atoms with Crippen molar-refractivity contribution in [3.63, 3.8) is 0 Å². The Morgan fingerprint density at radius 2 is 1.73 bits per heavy atom. The minimum absolute atomic E-state index is 0.177. The molecule has 1 aliphatic heterocycles. The van der Waals surface area contributed by atoms with Crippen LogP contribution in [-0.2, 0) is 0 Å². The molecule has 0 saturated carbocycles. The number of nitrogens with one attached hydrogen (secondary N) is 2. The fourth-order valence-electron chi connectivity index (χ4n) is 1.68. The standard InChI is InChI=1S/C13H18N2/c1-13(2,3)12-9-11(14-15-12)10-7-5-4-6-8-10/h4-9,11,14-15H,1-3H3. The molecule has 2 nitrogen and oxygen atoms in total. The summed E-state index contributed by atoms with van der Waals surface area (Å²) in [5, 5.41) is 0. The van der Waals surface area contributed by atoms with Crippen molar-refractivity contribution in [3.05, 3.63) is 47.7 Å². The topological polar surface area (TPSA) is 24.1 Å². The Hall–Kier alpha value is -1.28. The predicted octanol–water partition coefficient (Wildman–Crippen LogP) is 2.77. The zero-order valence-electron chi connectivity index (χ0n) is 9.54. The molecule has 0 saturated heterocycles. The van der Waals surface area contributed by atoms with Crippen LogP contribution >= 0.6 is 0 Å². The van der Waals surface area contributed by atoms with Gasteiger partial charge in [-0.25, -0.2) is 5.43 Å². The minimum Gasteiger partial charge on any atom is -0.324 e. The van der Waals surface area contributed by atoms with Crippen molar-refractivity contribution in [2.45, 2.75) is 26.8 Å². The summed E-state index contributed by atoms with van der Waals surface area (Å²) in [5.41, 5.74) is 9.28.